The molecule has 0 aliphatic carbocycles. The van der Waals surface area contributed by atoms with E-state index < -0.39 is 0 Å². The summed E-state index contributed by atoms with van der Waals surface area (Å²) in [5, 5.41) is 3.13. The zero-order valence-corrected chi connectivity index (χ0v) is 11.4. The van der Waals surface area contributed by atoms with Gasteiger partial charge >= 0.3 is 0 Å². The number of rotatable bonds is 4. The SMILES string of the molecule is O=C(CCc1c[nH]c2ccccc12)NN1CCOCC1. The number of para-hydroxylation sites is 1. The van der Waals surface area contributed by atoms with E-state index in [2.05, 4.69) is 16.5 Å². The smallest absolute Gasteiger partial charge is 0.234 e. The van der Waals surface area contributed by atoms with E-state index in [1.807, 2.05) is 29.4 Å². The number of nitrogens with one attached hydrogen (secondary N) is 2. The van der Waals surface area contributed by atoms with Crippen LogP contribution in [-0.4, -0.2) is 42.2 Å². The molecule has 2 aromatic rings. The van der Waals surface area contributed by atoms with E-state index in [0.717, 1.165) is 25.0 Å². The summed E-state index contributed by atoms with van der Waals surface area (Å²) in [6.45, 7) is 2.89. The maximum atomic E-state index is 11.9. The highest BCUT2D eigenvalue weighted by atomic mass is 16.5. The van der Waals surface area contributed by atoms with Gasteiger partial charge in [-0.1, -0.05) is 18.2 Å². The monoisotopic (exact) mass is 273 g/mol. The molecule has 1 fully saturated rings. The number of amides is 1. The second-order valence-corrected chi connectivity index (χ2v) is 4.99. The van der Waals surface area contributed by atoms with Crippen LogP contribution in [0.15, 0.2) is 30.5 Å². The molecule has 0 radical (unpaired) electrons. The lowest BCUT2D eigenvalue weighted by molar-refractivity contribution is -0.127. The molecule has 2 heterocycles. The fraction of sp³-hybridized carbons (Fsp3) is 0.400. The summed E-state index contributed by atoms with van der Waals surface area (Å²) in [7, 11) is 0. The number of H-pyrrole nitrogens is 1. The lowest BCUT2D eigenvalue weighted by Gasteiger charge is -2.26. The maximum Gasteiger partial charge on any atom is 0.234 e. The standard InChI is InChI=1S/C15H19N3O2/c19-15(17-18-7-9-20-10-8-18)6-5-12-11-16-14-4-2-1-3-13(12)14/h1-4,11,16H,5-10H2,(H,17,19). The largest absolute Gasteiger partial charge is 0.379 e. The lowest BCUT2D eigenvalue weighted by Crippen LogP contribution is -2.48. The Morgan fingerprint density at radius 2 is 2.10 bits per heavy atom. The Hall–Kier alpha value is -1.85. The van der Waals surface area contributed by atoms with Gasteiger partial charge in [0.25, 0.3) is 0 Å². The van der Waals surface area contributed by atoms with Crippen molar-refractivity contribution >= 4 is 16.8 Å². The van der Waals surface area contributed by atoms with E-state index in [9.17, 15) is 4.79 Å². The van der Waals surface area contributed by atoms with Crippen LogP contribution in [-0.2, 0) is 16.0 Å². The highest BCUT2D eigenvalue weighted by molar-refractivity contribution is 5.84. The average Bonchev–Trinajstić information content (AvgIpc) is 2.89. The van der Waals surface area contributed by atoms with Crippen LogP contribution in [0.25, 0.3) is 10.9 Å². The van der Waals surface area contributed by atoms with Gasteiger partial charge in [0.15, 0.2) is 0 Å². The highest BCUT2D eigenvalue weighted by Gasteiger charge is 2.13. The van der Waals surface area contributed by atoms with Gasteiger partial charge < -0.3 is 9.72 Å². The van der Waals surface area contributed by atoms with Crippen LogP contribution in [0.5, 0.6) is 0 Å². The number of benzene rings is 1. The van der Waals surface area contributed by atoms with Gasteiger partial charge in [-0.15, -0.1) is 0 Å². The van der Waals surface area contributed by atoms with Crippen LogP contribution in [0, 0.1) is 0 Å². The van der Waals surface area contributed by atoms with Gasteiger partial charge in [0.1, 0.15) is 0 Å². The van der Waals surface area contributed by atoms with Crippen LogP contribution in [0.2, 0.25) is 0 Å². The van der Waals surface area contributed by atoms with Gasteiger partial charge in [-0.05, 0) is 18.1 Å². The quantitative estimate of drug-likeness (QED) is 0.887. The molecule has 1 aromatic carbocycles. The Bertz CT molecular complexity index is 588. The first kappa shape index (κ1) is 13.1. The van der Waals surface area contributed by atoms with Gasteiger partial charge in [0.05, 0.1) is 13.2 Å². The number of carbonyl (C=O) groups excluding carboxylic acids is 1. The molecule has 1 aliphatic rings. The second-order valence-electron chi connectivity index (χ2n) is 4.99. The molecule has 3 rings (SSSR count). The summed E-state index contributed by atoms with van der Waals surface area (Å²) in [5.41, 5.74) is 5.25. The predicted octanol–water partition coefficient (Wildman–Crippen LogP) is 1.46. The number of aromatic nitrogens is 1. The number of hydrogen-bond donors (Lipinski definition) is 2. The number of aryl methyl sites for hydroxylation is 1. The summed E-state index contributed by atoms with van der Waals surface area (Å²) in [6, 6.07) is 8.16. The number of morpholine rings is 1. The Labute approximate surface area is 117 Å². The molecule has 0 bridgehead atoms. The molecular formula is C15H19N3O2. The first-order chi connectivity index (χ1) is 9.83. The molecule has 0 saturated carbocycles. The fourth-order valence-electron chi connectivity index (χ4n) is 2.49. The minimum Gasteiger partial charge on any atom is -0.379 e. The average molecular weight is 273 g/mol. The Kier molecular flexibility index (Phi) is 3.99. The van der Waals surface area contributed by atoms with Crippen molar-refractivity contribution in [3.05, 3.63) is 36.0 Å². The van der Waals surface area contributed by atoms with Crippen LogP contribution < -0.4 is 5.43 Å². The second kappa shape index (κ2) is 6.07. The maximum absolute atomic E-state index is 11.9. The molecule has 1 amide bonds. The lowest BCUT2D eigenvalue weighted by atomic mass is 10.1. The van der Waals surface area contributed by atoms with Crippen molar-refractivity contribution in [3.63, 3.8) is 0 Å². The fourth-order valence-corrected chi connectivity index (χ4v) is 2.49. The number of hydrogen-bond acceptors (Lipinski definition) is 3. The first-order valence-electron chi connectivity index (χ1n) is 7.00. The third-order valence-corrected chi connectivity index (χ3v) is 3.59. The van der Waals surface area contributed by atoms with E-state index in [4.69, 9.17) is 4.74 Å². The molecule has 5 heteroatoms. The predicted molar refractivity (Wildman–Crippen MR) is 77.2 cm³/mol. The minimum atomic E-state index is 0.0668. The van der Waals surface area contributed by atoms with Crippen molar-refractivity contribution in [1.82, 2.24) is 15.4 Å². The van der Waals surface area contributed by atoms with Crippen LogP contribution >= 0.6 is 0 Å². The van der Waals surface area contributed by atoms with Gasteiger partial charge in [-0.3, -0.25) is 10.2 Å². The van der Waals surface area contributed by atoms with E-state index in [1.54, 1.807) is 0 Å². The van der Waals surface area contributed by atoms with Gasteiger partial charge in [0, 0.05) is 36.6 Å². The molecule has 0 unspecified atom stereocenters. The Morgan fingerprint density at radius 3 is 2.95 bits per heavy atom. The van der Waals surface area contributed by atoms with Gasteiger partial charge in [-0.2, -0.15) is 0 Å². The van der Waals surface area contributed by atoms with Crippen molar-refractivity contribution in [1.29, 1.82) is 0 Å². The third-order valence-electron chi connectivity index (χ3n) is 3.59. The van der Waals surface area contributed by atoms with E-state index >= 15 is 0 Å². The molecule has 0 atom stereocenters. The number of carbonyl (C=O) groups is 1. The molecule has 1 aromatic heterocycles. The van der Waals surface area contributed by atoms with Gasteiger partial charge in [0.2, 0.25) is 5.91 Å². The molecule has 1 saturated heterocycles. The number of nitrogens with zero attached hydrogens (tertiary/aromatic N) is 1. The molecule has 0 spiro atoms. The number of aromatic amines is 1. The number of hydrazine groups is 1. The van der Waals surface area contributed by atoms with E-state index in [0.29, 0.717) is 19.6 Å². The van der Waals surface area contributed by atoms with Crippen LogP contribution in [0.1, 0.15) is 12.0 Å². The zero-order valence-electron chi connectivity index (χ0n) is 11.4. The topological polar surface area (TPSA) is 57.4 Å². The zero-order chi connectivity index (χ0) is 13.8. The van der Waals surface area contributed by atoms with Gasteiger partial charge in [-0.25, -0.2) is 5.01 Å². The molecule has 106 valence electrons. The summed E-state index contributed by atoms with van der Waals surface area (Å²) in [5.74, 6) is 0.0668. The van der Waals surface area contributed by atoms with Crippen LogP contribution in [0.4, 0.5) is 0 Å². The third kappa shape index (κ3) is 3.00. The molecule has 1 aliphatic heterocycles. The molecule has 20 heavy (non-hydrogen) atoms. The summed E-state index contributed by atoms with van der Waals surface area (Å²) < 4.78 is 5.25. The molecule has 5 nitrogen and oxygen atoms in total. The van der Waals surface area contributed by atoms with Crippen LogP contribution in [0.3, 0.4) is 0 Å². The van der Waals surface area contributed by atoms with Crippen molar-refractivity contribution in [2.24, 2.45) is 0 Å². The number of ether oxygens (including phenoxy) is 1. The Morgan fingerprint density at radius 1 is 1.30 bits per heavy atom. The summed E-state index contributed by atoms with van der Waals surface area (Å²) in [4.78, 5) is 15.2. The summed E-state index contributed by atoms with van der Waals surface area (Å²) in [6.07, 6.45) is 3.24. The van der Waals surface area contributed by atoms with E-state index in [-0.39, 0.29) is 5.91 Å². The molecular weight excluding hydrogens is 254 g/mol. The van der Waals surface area contributed by atoms with Crippen molar-refractivity contribution in [2.75, 3.05) is 26.3 Å². The number of fused-ring (bicyclic) bond motifs is 1. The van der Waals surface area contributed by atoms with Crippen molar-refractivity contribution < 1.29 is 9.53 Å². The van der Waals surface area contributed by atoms with Crippen molar-refractivity contribution in [2.45, 2.75) is 12.8 Å². The summed E-state index contributed by atoms with van der Waals surface area (Å²) >= 11 is 0. The van der Waals surface area contributed by atoms with Crippen molar-refractivity contribution in [3.8, 4) is 0 Å². The normalized spacial score (nSPS) is 16.4. The minimum absolute atomic E-state index is 0.0668. The Balaban J connectivity index is 1.54. The van der Waals surface area contributed by atoms with E-state index in [1.165, 1.54) is 10.9 Å². The first-order valence-corrected chi connectivity index (χ1v) is 7.00. The molecule has 2 N–H and O–H groups in total. The highest BCUT2D eigenvalue weighted by Crippen LogP contribution is 2.18.